The zero-order valence-corrected chi connectivity index (χ0v) is 20.8. The summed E-state index contributed by atoms with van der Waals surface area (Å²) in [5.41, 5.74) is 0.790. The standard InChI is InChI=1S/C28H31FN4O3/c1-17(19-9-5-4-6-10-19)33-26(35)25-24(30-18(2)34)22-15-20(29)13-14-23(22)32(25)16-28(33,3)27(36)31-21-11-7-8-12-21/h4-6,9-10,13-15,17,21H,7-8,11-12,16H2,1-3H3,(H,30,34)(H,31,36). The highest BCUT2D eigenvalue weighted by Gasteiger charge is 2.51. The minimum atomic E-state index is -1.21. The molecule has 1 aromatic heterocycles. The average molecular weight is 491 g/mol. The highest BCUT2D eigenvalue weighted by Crippen LogP contribution is 2.42. The number of benzene rings is 2. The first-order valence-corrected chi connectivity index (χ1v) is 12.5. The van der Waals surface area contributed by atoms with Crippen LogP contribution in [0.4, 0.5) is 10.1 Å². The molecular formula is C28H31FN4O3. The number of halogens is 1. The first-order valence-electron chi connectivity index (χ1n) is 12.5. The van der Waals surface area contributed by atoms with Crippen LogP contribution in [0, 0.1) is 5.82 Å². The van der Waals surface area contributed by atoms with Gasteiger partial charge in [-0.15, -0.1) is 0 Å². The normalized spacial score (nSPS) is 20.9. The molecule has 0 spiro atoms. The predicted octanol–water partition coefficient (Wildman–Crippen LogP) is 4.77. The fourth-order valence-corrected chi connectivity index (χ4v) is 5.81. The van der Waals surface area contributed by atoms with Crippen molar-refractivity contribution in [1.29, 1.82) is 0 Å². The first-order chi connectivity index (χ1) is 17.2. The molecule has 0 radical (unpaired) electrons. The molecule has 7 nitrogen and oxygen atoms in total. The second kappa shape index (κ2) is 9.08. The van der Waals surface area contributed by atoms with E-state index in [4.69, 9.17) is 0 Å². The van der Waals surface area contributed by atoms with Gasteiger partial charge in [-0.3, -0.25) is 14.4 Å². The van der Waals surface area contributed by atoms with Crippen LogP contribution in [0.15, 0.2) is 48.5 Å². The van der Waals surface area contributed by atoms with Gasteiger partial charge < -0.3 is 20.1 Å². The van der Waals surface area contributed by atoms with Gasteiger partial charge in [0.2, 0.25) is 11.8 Å². The van der Waals surface area contributed by atoms with Crippen LogP contribution in [0.5, 0.6) is 0 Å². The molecule has 2 aliphatic rings. The van der Waals surface area contributed by atoms with Crippen LogP contribution < -0.4 is 10.6 Å². The Bertz CT molecular complexity index is 1350. The lowest BCUT2D eigenvalue weighted by molar-refractivity contribution is -0.134. The van der Waals surface area contributed by atoms with Gasteiger partial charge in [-0.2, -0.15) is 0 Å². The predicted molar refractivity (Wildman–Crippen MR) is 136 cm³/mol. The summed E-state index contributed by atoms with van der Waals surface area (Å²) in [6.07, 6.45) is 3.99. The zero-order valence-electron chi connectivity index (χ0n) is 20.8. The van der Waals surface area contributed by atoms with E-state index in [0.29, 0.717) is 10.9 Å². The van der Waals surface area contributed by atoms with Gasteiger partial charge in [0.1, 0.15) is 17.1 Å². The molecule has 2 N–H and O–H groups in total. The van der Waals surface area contributed by atoms with E-state index in [1.54, 1.807) is 22.5 Å². The molecule has 8 heteroatoms. The number of fused-ring (bicyclic) bond motifs is 3. The zero-order chi connectivity index (χ0) is 25.6. The molecule has 2 heterocycles. The number of nitrogens with one attached hydrogen (secondary N) is 2. The third kappa shape index (κ3) is 3.94. The van der Waals surface area contributed by atoms with E-state index in [1.807, 2.05) is 37.3 Å². The fraction of sp³-hybridized carbons (Fsp3) is 0.393. The van der Waals surface area contributed by atoms with Gasteiger partial charge in [0, 0.05) is 18.4 Å². The number of hydrogen-bond acceptors (Lipinski definition) is 3. The van der Waals surface area contributed by atoms with Crippen LogP contribution in [-0.2, 0) is 16.1 Å². The molecule has 2 unspecified atom stereocenters. The summed E-state index contributed by atoms with van der Waals surface area (Å²) in [7, 11) is 0. The van der Waals surface area contributed by atoms with Crippen LogP contribution in [0.25, 0.3) is 10.9 Å². The number of aromatic nitrogens is 1. The molecule has 2 atom stereocenters. The summed E-state index contributed by atoms with van der Waals surface area (Å²) >= 11 is 0. The molecule has 1 fully saturated rings. The summed E-state index contributed by atoms with van der Waals surface area (Å²) in [5.74, 6) is -1.43. The molecule has 0 bridgehead atoms. The summed E-state index contributed by atoms with van der Waals surface area (Å²) in [5, 5.41) is 6.38. The lowest BCUT2D eigenvalue weighted by atomic mass is 9.90. The third-order valence-electron chi connectivity index (χ3n) is 7.59. The molecule has 1 saturated carbocycles. The van der Waals surface area contributed by atoms with E-state index in [9.17, 15) is 18.8 Å². The Morgan fingerprint density at radius 1 is 1.11 bits per heavy atom. The van der Waals surface area contributed by atoms with Crippen molar-refractivity contribution in [2.75, 3.05) is 5.32 Å². The summed E-state index contributed by atoms with van der Waals surface area (Å²) in [6.45, 7) is 5.23. The van der Waals surface area contributed by atoms with E-state index >= 15 is 0 Å². The highest BCUT2D eigenvalue weighted by molar-refractivity contribution is 6.14. The van der Waals surface area contributed by atoms with Gasteiger partial charge in [0.05, 0.1) is 23.8 Å². The number of amides is 3. The van der Waals surface area contributed by atoms with Crippen molar-refractivity contribution < 1.29 is 18.8 Å². The minimum absolute atomic E-state index is 0.0881. The van der Waals surface area contributed by atoms with Gasteiger partial charge in [-0.25, -0.2) is 4.39 Å². The summed E-state index contributed by atoms with van der Waals surface area (Å²) < 4.78 is 16.0. The minimum Gasteiger partial charge on any atom is -0.351 e. The summed E-state index contributed by atoms with van der Waals surface area (Å²) in [4.78, 5) is 42.0. The van der Waals surface area contributed by atoms with Gasteiger partial charge >= 0.3 is 0 Å². The molecule has 0 saturated heterocycles. The van der Waals surface area contributed by atoms with Crippen molar-refractivity contribution in [3.05, 3.63) is 65.6 Å². The average Bonchev–Trinajstić information content (AvgIpc) is 3.45. The second-order valence-corrected chi connectivity index (χ2v) is 10.1. The van der Waals surface area contributed by atoms with E-state index in [-0.39, 0.29) is 41.7 Å². The van der Waals surface area contributed by atoms with Crippen molar-refractivity contribution in [3.63, 3.8) is 0 Å². The van der Waals surface area contributed by atoms with Crippen LogP contribution in [0.2, 0.25) is 0 Å². The van der Waals surface area contributed by atoms with E-state index < -0.39 is 17.4 Å². The van der Waals surface area contributed by atoms with E-state index in [1.165, 1.54) is 19.1 Å². The Hall–Kier alpha value is -3.68. The molecule has 188 valence electrons. The van der Waals surface area contributed by atoms with Crippen LogP contribution in [0.1, 0.15) is 68.5 Å². The van der Waals surface area contributed by atoms with Crippen molar-refractivity contribution in [3.8, 4) is 0 Å². The Labute approximate surface area is 209 Å². The van der Waals surface area contributed by atoms with Crippen molar-refractivity contribution in [2.45, 2.75) is 70.6 Å². The van der Waals surface area contributed by atoms with Gasteiger partial charge in [0.15, 0.2) is 0 Å². The lowest BCUT2D eigenvalue weighted by Gasteiger charge is -2.47. The van der Waals surface area contributed by atoms with Crippen molar-refractivity contribution >= 4 is 34.3 Å². The fourth-order valence-electron chi connectivity index (χ4n) is 5.81. The van der Waals surface area contributed by atoms with Crippen molar-refractivity contribution in [2.24, 2.45) is 0 Å². The topological polar surface area (TPSA) is 83.4 Å². The number of nitrogens with zero attached hydrogens (tertiary/aromatic N) is 2. The maximum absolute atomic E-state index is 14.3. The third-order valence-corrected chi connectivity index (χ3v) is 7.59. The monoisotopic (exact) mass is 490 g/mol. The van der Waals surface area contributed by atoms with Crippen LogP contribution >= 0.6 is 0 Å². The molecule has 1 aliphatic heterocycles. The Morgan fingerprint density at radius 3 is 2.47 bits per heavy atom. The SMILES string of the molecule is CC(=O)Nc1c2n(c3ccc(F)cc13)CC(C)(C(=O)NC1CCCC1)N(C(C)c1ccccc1)C2=O. The van der Waals surface area contributed by atoms with Gasteiger partial charge in [-0.1, -0.05) is 43.2 Å². The van der Waals surface area contributed by atoms with E-state index in [0.717, 1.165) is 31.2 Å². The van der Waals surface area contributed by atoms with Crippen LogP contribution in [-0.4, -0.2) is 38.8 Å². The quantitative estimate of drug-likeness (QED) is 0.540. The highest BCUT2D eigenvalue weighted by atomic mass is 19.1. The van der Waals surface area contributed by atoms with Gasteiger partial charge in [-0.05, 0) is 50.5 Å². The molecule has 3 aromatic rings. The molecule has 1 aliphatic carbocycles. The Morgan fingerprint density at radius 2 is 1.81 bits per heavy atom. The maximum atomic E-state index is 14.3. The Kier molecular flexibility index (Phi) is 6.06. The molecule has 5 rings (SSSR count). The Balaban J connectivity index is 1.69. The van der Waals surface area contributed by atoms with Crippen molar-refractivity contribution in [1.82, 2.24) is 14.8 Å². The largest absolute Gasteiger partial charge is 0.351 e. The number of carbonyl (C=O) groups is 3. The summed E-state index contributed by atoms with van der Waals surface area (Å²) in [6, 6.07) is 13.5. The molecular weight excluding hydrogens is 459 g/mol. The molecule has 36 heavy (non-hydrogen) atoms. The number of carbonyl (C=O) groups excluding carboxylic acids is 3. The molecule has 3 amide bonds. The number of hydrogen-bond donors (Lipinski definition) is 2. The van der Waals surface area contributed by atoms with Gasteiger partial charge in [0.25, 0.3) is 5.91 Å². The van der Waals surface area contributed by atoms with E-state index in [2.05, 4.69) is 10.6 Å². The first kappa shape index (κ1) is 24.0. The second-order valence-electron chi connectivity index (χ2n) is 10.1. The lowest BCUT2D eigenvalue weighted by Crippen LogP contribution is -2.65. The smallest absolute Gasteiger partial charge is 0.274 e. The molecule has 2 aromatic carbocycles. The maximum Gasteiger partial charge on any atom is 0.274 e. The number of rotatable bonds is 5. The van der Waals surface area contributed by atoms with Crippen LogP contribution in [0.3, 0.4) is 0 Å². The number of anilines is 1.